The van der Waals surface area contributed by atoms with Gasteiger partial charge in [-0.15, -0.1) is 0 Å². The molecule has 0 aromatic heterocycles. The Hall–Kier alpha value is -1.51. The topological polar surface area (TPSA) is 46.3 Å². The van der Waals surface area contributed by atoms with Crippen LogP contribution < -0.4 is 5.73 Å². The Labute approximate surface area is 121 Å². The van der Waals surface area contributed by atoms with Crippen LogP contribution in [-0.4, -0.2) is 16.8 Å². The summed E-state index contributed by atoms with van der Waals surface area (Å²) < 4.78 is 0. The smallest absolute Gasteiger partial charge is 0.226 e. The van der Waals surface area contributed by atoms with E-state index in [1.165, 1.54) is 37.7 Å². The second kappa shape index (κ2) is 5.86. The van der Waals surface area contributed by atoms with Crippen molar-refractivity contribution in [2.75, 3.05) is 5.73 Å². The lowest BCUT2D eigenvalue weighted by Crippen LogP contribution is -2.38. The van der Waals surface area contributed by atoms with Gasteiger partial charge >= 0.3 is 0 Å². The molecule has 2 aliphatic rings. The molecule has 2 saturated carbocycles. The Kier molecular flexibility index (Phi) is 3.95. The zero-order valence-electron chi connectivity index (χ0n) is 12.1. The highest BCUT2D eigenvalue weighted by molar-refractivity contribution is 5.79. The molecule has 20 heavy (non-hydrogen) atoms. The van der Waals surface area contributed by atoms with Crippen LogP contribution in [0.15, 0.2) is 24.3 Å². The molecular weight excluding hydrogens is 248 g/mol. The quantitative estimate of drug-likeness (QED) is 0.854. The van der Waals surface area contributed by atoms with Gasteiger partial charge < -0.3 is 10.6 Å². The van der Waals surface area contributed by atoms with E-state index in [0.717, 1.165) is 25.1 Å². The minimum absolute atomic E-state index is 0.276. The van der Waals surface area contributed by atoms with Gasteiger partial charge in [-0.05, 0) is 43.4 Å². The highest BCUT2D eigenvalue weighted by Crippen LogP contribution is 2.33. The number of benzene rings is 1. The van der Waals surface area contributed by atoms with Gasteiger partial charge in [0.1, 0.15) is 0 Å². The standard InChI is InChI=1S/C17H24N2O/c18-15-8-6-13(7-9-15)12-19(16-10-11-16)17(20)14-4-2-1-3-5-14/h6-9,14,16H,1-5,10-12,18H2. The third-order valence-electron chi connectivity index (χ3n) is 4.56. The maximum atomic E-state index is 12.8. The number of nitrogen functional groups attached to an aromatic ring is 1. The molecule has 0 spiro atoms. The predicted molar refractivity (Wildman–Crippen MR) is 81.0 cm³/mol. The van der Waals surface area contributed by atoms with Crippen molar-refractivity contribution in [2.24, 2.45) is 5.92 Å². The number of rotatable bonds is 4. The minimum Gasteiger partial charge on any atom is -0.399 e. The van der Waals surface area contributed by atoms with E-state index in [2.05, 4.69) is 4.90 Å². The molecule has 1 amide bonds. The van der Waals surface area contributed by atoms with Crippen molar-refractivity contribution in [3.63, 3.8) is 0 Å². The van der Waals surface area contributed by atoms with E-state index < -0.39 is 0 Å². The Morgan fingerprint density at radius 1 is 1.05 bits per heavy atom. The van der Waals surface area contributed by atoms with Crippen LogP contribution in [0.4, 0.5) is 5.69 Å². The lowest BCUT2D eigenvalue weighted by atomic mass is 9.88. The van der Waals surface area contributed by atoms with E-state index in [9.17, 15) is 4.79 Å². The Morgan fingerprint density at radius 2 is 1.70 bits per heavy atom. The molecule has 108 valence electrons. The number of anilines is 1. The molecule has 0 radical (unpaired) electrons. The Bertz CT molecular complexity index is 458. The van der Waals surface area contributed by atoms with Gasteiger partial charge in [0.05, 0.1) is 0 Å². The van der Waals surface area contributed by atoms with Crippen LogP contribution in [0.2, 0.25) is 0 Å². The van der Waals surface area contributed by atoms with Crippen molar-refractivity contribution in [3.8, 4) is 0 Å². The molecule has 1 aromatic rings. The van der Waals surface area contributed by atoms with E-state index in [-0.39, 0.29) is 5.92 Å². The van der Waals surface area contributed by atoms with Crippen LogP contribution in [0.1, 0.15) is 50.5 Å². The molecule has 2 aliphatic carbocycles. The normalized spacial score (nSPS) is 19.8. The summed E-state index contributed by atoms with van der Waals surface area (Å²) in [6, 6.07) is 8.41. The molecule has 0 atom stereocenters. The van der Waals surface area contributed by atoms with Crippen LogP contribution >= 0.6 is 0 Å². The van der Waals surface area contributed by atoms with Gasteiger partial charge in [-0.1, -0.05) is 31.4 Å². The number of hydrogen-bond donors (Lipinski definition) is 1. The van der Waals surface area contributed by atoms with Crippen molar-refractivity contribution >= 4 is 11.6 Å². The van der Waals surface area contributed by atoms with Crippen LogP contribution in [-0.2, 0) is 11.3 Å². The minimum atomic E-state index is 0.276. The number of nitrogens with two attached hydrogens (primary N) is 1. The summed E-state index contributed by atoms with van der Waals surface area (Å²) in [4.78, 5) is 14.9. The van der Waals surface area contributed by atoms with Crippen LogP contribution in [0.5, 0.6) is 0 Å². The van der Waals surface area contributed by atoms with Crippen molar-refractivity contribution in [3.05, 3.63) is 29.8 Å². The summed E-state index contributed by atoms with van der Waals surface area (Å²) in [6.07, 6.45) is 8.26. The summed E-state index contributed by atoms with van der Waals surface area (Å²) in [5.41, 5.74) is 7.70. The van der Waals surface area contributed by atoms with Gasteiger partial charge in [0.15, 0.2) is 0 Å². The molecule has 2 fully saturated rings. The number of carbonyl (C=O) groups is 1. The van der Waals surface area contributed by atoms with Crippen molar-refractivity contribution < 1.29 is 4.79 Å². The average molecular weight is 272 g/mol. The fraction of sp³-hybridized carbons (Fsp3) is 0.588. The largest absolute Gasteiger partial charge is 0.399 e. The van der Waals surface area contributed by atoms with E-state index in [1.54, 1.807) is 0 Å². The first-order valence-corrected chi connectivity index (χ1v) is 7.89. The molecule has 2 N–H and O–H groups in total. The summed E-state index contributed by atoms with van der Waals surface area (Å²) in [7, 11) is 0. The molecule has 0 saturated heterocycles. The van der Waals surface area contributed by atoms with Gasteiger partial charge in [-0.2, -0.15) is 0 Å². The monoisotopic (exact) mass is 272 g/mol. The molecule has 3 heteroatoms. The average Bonchev–Trinajstić information content (AvgIpc) is 3.31. The van der Waals surface area contributed by atoms with Crippen LogP contribution in [0, 0.1) is 5.92 Å². The van der Waals surface area contributed by atoms with Crippen LogP contribution in [0.25, 0.3) is 0 Å². The van der Waals surface area contributed by atoms with E-state index in [1.807, 2.05) is 24.3 Å². The van der Waals surface area contributed by atoms with Crippen molar-refractivity contribution in [2.45, 2.75) is 57.5 Å². The number of carbonyl (C=O) groups excluding carboxylic acids is 1. The van der Waals surface area contributed by atoms with E-state index >= 15 is 0 Å². The van der Waals surface area contributed by atoms with Gasteiger partial charge in [0.2, 0.25) is 5.91 Å². The lowest BCUT2D eigenvalue weighted by Gasteiger charge is -2.29. The molecule has 0 heterocycles. The number of nitrogens with zero attached hydrogens (tertiary/aromatic N) is 1. The first-order chi connectivity index (χ1) is 9.74. The molecular formula is C17H24N2O. The van der Waals surface area contributed by atoms with E-state index in [0.29, 0.717) is 11.9 Å². The van der Waals surface area contributed by atoms with Crippen molar-refractivity contribution in [1.29, 1.82) is 0 Å². The fourth-order valence-electron chi connectivity index (χ4n) is 3.18. The molecule has 0 aliphatic heterocycles. The summed E-state index contributed by atoms with van der Waals surface area (Å²) in [6.45, 7) is 0.750. The molecule has 0 bridgehead atoms. The zero-order chi connectivity index (χ0) is 13.9. The fourth-order valence-corrected chi connectivity index (χ4v) is 3.18. The summed E-state index contributed by atoms with van der Waals surface area (Å²) in [5.74, 6) is 0.669. The number of amides is 1. The third-order valence-corrected chi connectivity index (χ3v) is 4.56. The maximum absolute atomic E-state index is 12.8. The summed E-state index contributed by atoms with van der Waals surface area (Å²) in [5, 5.41) is 0. The highest BCUT2D eigenvalue weighted by atomic mass is 16.2. The lowest BCUT2D eigenvalue weighted by molar-refractivity contribution is -0.137. The van der Waals surface area contributed by atoms with Crippen molar-refractivity contribution in [1.82, 2.24) is 4.90 Å². The van der Waals surface area contributed by atoms with E-state index in [4.69, 9.17) is 5.73 Å². The SMILES string of the molecule is Nc1ccc(CN(C(=O)C2CCCCC2)C2CC2)cc1. The third kappa shape index (κ3) is 3.14. The molecule has 3 nitrogen and oxygen atoms in total. The van der Waals surface area contributed by atoms with Gasteiger partial charge in [-0.25, -0.2) is 0 Å². The summed E-state index contributed by atoms with van der Waals surface area (Å²) >= 11 is 0. The molecule has 3 rings (SSSR count). The first-order valence-electron chi connectivity index (χ1n) is 7.89. The zero-order valence-corrected chi connectivity index (χ0v) is 12.1. The number of hydrogen-bond acceptors (Lipinski definition) is 2. The maximum Gasteiger partial charge on any atom is 0.226 e. The highest BCUT2D eigenvalue weighted by Gasteiger charge is 2.35. The predicted octanol–water partition coefficient (Wildman–Crippen LogP) is 3.34. The first kappa shape index (κ1) is 13.5. The molecule has 1 aromatic carbocycles. The van der Waals surface area contributed by atoms with Gasteiger partial charge in [0.25, 0.3) is 0 Å². The van der Waals surface area contributed by atoms with Crippen LogP contribution in [0.3, 0.4) is 0 Å². The second-order valence-electron chi connectivity index (χ2n) is 6.27. The second-order valence-corrected chi connectivity index (χ2v) is 6.27. The Balaban J connectivity index is 1.68. The Morgan fingerprint density at radius 3 is 2.30 bits per heavy atom. The van der Waals surface area contributed by atoms with Gasteiger partial charge in [0, 0.05) is 24.2 Å². The van der Waals surface area contributed by atoms with Gasteiger partial charge in [-0.3, -0.25) is 4.79 Å². The molecule has 0 unspecified atom stereocenters.